The molecular weight excluding hydrogens is 398 g/mol. The number of sulfone groups is 1. The van der Waals surface area contributed by atoms with Gasteiger partial charge in [-0.05, 0) is 56.2 Å². The van der Waals surface area contributed by atoms with Crippen LogP contribution in [0.2, 0.25) is 5.02 Å². The van der Waals surface area contributed by atoms with E-state index in [1.807, 2.05) is 26.0 Å². The maximum absolute atomic E-state index is 12.6. The molecule has 0 aliphatic rings. The monoisotopic (exact) mass is 419 g/mol. The Balaban J connectivity index is 2.37. The van der Waals surface area contributed by atoms with Gasteiger partial charge in [0.1, 0.15) is 11.6 Å². The number of carbonyl (C=O) groups is 1. The molecule has 1 N–H and O–H groups in total. The molecule has 1 aromatic heterocycles. The molecule has 2 aromatic rings. The molecule has 148 valence electrons. The molecule has 28 heavy (non-hydrogen) atoms. The number of aryl methyl sites for hydroxylation is 1. The van der Waals surface area contributed by atoms with Crippen LogP contribution in [0.15, 0.2) is 34.7 Å². The smallest absolute Gasteiger partial charge is 0.266 e. The molecule has 0 unspecified atom stereocenters. The van der Waals surface area contributed by atoms with Crippen LogP contribution in [0.5, 0.6) is 0 Å². The minimum absolute atomic E-state index is 0.0257. The minimum atomic E-state index is -3.46. The van der Waals surface area contributed by atoms with E-state index in [9.17, 15) is 18.5 Å². The molecule has 0 bridgehead atoms. The highest BCUT2D eigenvalue weighted by molar-refractivity contribution is 7.90. The van der Waals surface area contributed by atoms with Crippen molar-refractivity contribution in [2.45, 2.75) is 38.6 Å². The minimum Gasteiger partial charge on any atom is -0.349 e. The number of hydrogen-bond acceptors (Lipinski definition) is 4. The van der Waals surface area contributed by atoms with E-state index in [2.05, 4.69) is 16.8 Å². The van der Waals surface area contributed by atoms with E-state index in [0.717, 1.165) is 36.2 Å². The lowest BCUT2D eigenvalue weighted by Crippen LogP contribution is -2.14. The molecule has 0 spiro atoms. The van der Waals surface area contributed by atoms with Gasteiger partial charge in [-0.3, -0.25) is 4.79 Å². The highest BCUT2D eigenvalue weighted by atomic mass is 35.5. The fraction of sp³-hybridized carbons (Fsp3) is 0.300. The molecule has 2 rings (SSSR count). The van der Waals surface area contributed by atoms with Crippen molar-refractivity contribution in [1.82, 2.24) is 4.57 Å². The molecule has 6 nitrogen and oxygen atoms in total. The Bertz CT molecular complexity index is 1090. The van der Waals surface area contributed by atoms with Crippen molar-refractivity contribution >= 4 is 39.1 Å². The number of aromatic nitrogens is 1. The molecule has 0 saturated heterocycles. The zero-order valence-electron chi connectivity index (χ0n) is 16.2. The van der Waals surface area contributed by atoms with Crippen LogP contribution in [0, 0.1) is 25.2 Å². The molecule has 0 aliphatic heterocycles. The Kier molecular flexibility index (Phi) is 6.70. The number of nitrogens with one attached hydrogen (secondary N) is 1. The van der Waals surface area contributed by atoms with Crippen LogP contribution in [0.25, 0.3) is 6.08 Å². The quantitative estimate of drug-likeness (QED) is 0.563. The first-order chi connectivity index (χ1) is 13.1. The fourth-order valence-electron chi connectivity index (χ4n) is 2.87. The van der Waals surface area contributed by atoms with Crippen LogP contribution in [-0.4, -0.2) is 25.1 Å². The molecule has 8 heteroatoms. The average molecular weight is 420 g/mol. The number of amides is 1. The predicted molar refractivity (Wildman–Crippen MR) is 111 cm³/mol. The summed E-state index contributed by atoms with van der Waals surface area (Å²) in [5.74, 6) is -0.657. The Labute approximate surface area is 170 Å². The zero-order chi connectivity index (χ0) is 21.1. The van der Waals surface area contributed by atoms with Gasteiger partial charge in [-0.15, -0.1) is 0 Å². The van der Waals surface area contributed by atoms with Crippen LogP contribution < -0.4 is 5.32 Å². The van der Waals surface area contributed by atoms with E-state index in [0.29, 0.717) is 0 Å². The van der Waals surface area contributed by atoms with E-state index in [1.54, 1.807) is 0 Å². The third-order valence-electron chi connectivity index (χ3n) is 4.34. The first-order valence-corrected chi connectivity index (χ1v) is 10.9. The van der Waals surface area contributed by atoms with Gasteiger partial charge in [-0.1, -0.05) is 18.5 Å². The topological polar surface area (TPSA) is 92.0 Å². The molecule has 1 heterocycles. The number of hydrogen-bond donors (Lipinski definition) is 1. The third-order valence-corrected chi connectivity index (χ3v) is 5.78. The number of anilines is 1. The lowest BCUT2D eigenvalue weighted by atomic mass is 10.1. The van der Waals surface area contributed by atoms with Crippen LogP contribution in [0.1, 0.15) is 30.3 Å². The summed E-state index contributed by atoms with van der Waals surface area (Å²) in [5, 5.41) is 12.2. The zero-order valence-corrected chi connectivity index (χ0v) is 17.8. The van der Waals surface area contributed by atoms with E-state index < -0.39 is 15.7 Å². The largest absolute Gasteiger partial charge is 0.349 e. The summed E-state index contributed by atoms with van der Waals surface area (Å²) >= 11 is 6.07. The predicted octanol–water partition coefficient (Wildman–Crippen LogP) is 4.12. The highest BCUT2D eigenvalue weighted by Gasteiger charge is 2.16. The second-order valence-corrected chi connectivity index (χ2v) is 8.94. The van der Waals surface area contributed by atoms with Crippen molar-refractivity contribution < 1.29 is 13.2 Å². The van der Waals surface area contributed by atoms with Gasteiger partial charge in [-0.25, -0.2) is 8.42 Å². The van der Waals surface area contributed by atoms with Gasteiger partial charge in [0.05, 0.1) is 15.6 Å². The second-order valence-electron chi connectivity index (χ2n) is 6.52. The van der Waals surface area contributed by atoms with E-state index in [4.69, 9.17) is 11.6 Å². The number of nitrogens with zero attached hydrogens (tertiary/aromatic N) is 2. The molecule has 0 atom stereocenters. The van der Waals surface area contributed by atoms with Gasteiger partial charge in [0.2, 0.25) is 0 Å². The first-order valence-electron chi connectivity index (χ1n) is 8.68. The summed E-state index contributed by atoms with van der Waals surface area (Å²) < 4.78 is 25.6. The Morgan fingerprint density at radius 2 is 2.00 bits per heavy atom. The van der Waals surface area contributed by atoms with Crippen molar-refractivity contribution in [3.05, 3.63) is 51.8 Å². The molecule has 0 aliphatic carbocycles. The normalized spacial score (nSPS) is 11.9. The fourth-order valence-corrected chi connectivity index (χ4v) is 3.68. The lowest BCUT2D eigenvalue weighted by Gasteiger charge is -2.09. The second kappa shape index (κ2) is 8.63. The molecule has 1 aromatic carbocycles. The van der Waals surface area contributed by atoms with Crippen LogP contribution >= 0.6 is 11.6 Å². The van der Waals surface area contributed by atoms with Crippen molar-refractivity contribution in [3.8, 4) is 6.07 Å². The standard InChI is InChI=1S/C20H22ClN3O3S/c1-5-8-24-13(2)9-15(14(24)3)10-16(12-22)20(25)23-19-11-17(28(4,26)27)6-7-18(19)21/h6-7,9-11H,5,8H2,1-4H3,(H,23,25)/b16-10-. The van der Waals surface area contributed by atoms with Gasteiger partial charge in [-0.2, -0.15) is 5.26 Å². The van der Waals surface area contributed by atoms with Gasteiger partial charge >= 0.3 is 0 Å². The average Bonchev–Trinajstić information content (AvgIpc) is 2.88. The molecule has 0 radical (unpaired) electrons. The molecule has 1 amide bonds. The van der Waals surface area contributed by atoms with E-state index >= 15 is 0 Å². The van der Waals surface area contributed by atoms with Gasteiger partial charge in [0.15, 0.2) is 9.84 Å². The van der Waals surface area contributed by atoms with Gasteiger partial charge < -0.3 is 9.88 Å². The summed E-state index contributed by atoms with van der Waals surface area (Å²) in [6, 6.07) is 7.85. The van der Waals surface area contributed by atoms with E-state index in [-0.39, 0.29) is 21.2 Å². The van der Waals surface area contributed by atoms with Gasteiger partial charge in [0.25, 0.3) is 5.91 Å². The number of carbonyl (C=O) groups excluding carboxylic acids is 1. The maximum Gasteiger partial charge on any atom is 0.266 e. The lowest BCUT2D eigenvalue weighted by molar-refractivity contribution is -0.112. The maximum atomic E-state index is 12.6. The van der Waals surface area contributed by atoms with Gasteiger partial charge in [0, 0.05) is 24.2 Å². The van der Waals surface area contributed by atoms with E-state index in [1.165, 1.54) is 24.3 Å². The number of nitriles is 1. The molecule has 0 fully saturated rings. The number of rotatable bonds is 6. The van der Waals surface area contributed by atoms with Crippen LogP contribution in [-0.2, 0) is 21.2 Å². The SMILES string of the molecule is CCCn1c(C)cc(/C=C(/C#N)C(=O)Nc2cc(S(C)(=O)=O)ccc2Cl)c1C. The van der Waals surface area contributed by atoms with Crippen LogP contribution in [0.3, 0.4) is 0 Å². The summed E-state index contributed by atoms with van der Waals surface area (Å²) in [6.07, 6.45) is 3.56. The Morgan fingerprint density at radius 1 is 1.32 bits per heavy atom. The van der Waals surface area contributed by atoms with Crippen molar-refractivity contribution in [3.63, 3.8) is 0 Å². The number of halogens is 1. The summed E-state index contributed by atoms with van der Waals surface area (Å²) in [6.45, 7) is 6.85. The van der Waals surface area contributed by atoms with Crippen molar-refractivity contribution in [2.75, 3.05) is 11.6 Å². The number of benzene rings is 1. The summed E-state index contributed by atoms with van der Waals surface area (Å²) in [7, 11) is -3.46. The third kappa shape index (κ3) is 4.83. The molecular formula is C20H22ClN3O3S. The first kappa shape index (κ1) is 21.7. The Hall–Kier alpha value is -2.56. The van der Waals surface area contributed by atoms with Crippen molar-refractivity contribution in [2.24, 2.45) is 0 Å². The Morgan fingerprint density at radius 3 is 2.57 bits per heavy atom. The van der Waals surface area contributed by atoms with Crippen LogP contribution in [0.4, 0.5) is 5.69 Å². The molecule has 0 saturated carbocycles. The summed E-state index contributed by atoms with van der Waals surface area (Å²) in [4.78, 5) is 12.6. The van der Waals surface area contributed by atoms with Crippen molar-refractivity contribution in [1.29, 1.82) is 5.26 Å². The highest BCUT2D eigenvalue weighted by Crippen LogP contribution is 2.26. The summed E-state index contributed by atoms with van der Waals surface area (Å²) in [5.41, 5.74) is 2.84.